The zero-order valence-corrected chi connectivity index (χ0v) is 25.0. The van der Waals surface area contributed by atoms with Gasteiger partial charge in [0.1, 0.15) is 0 Å². The summed E-state index contributed by atoms with van der Waals surface area (Å²) in [5.74, 6) is -0.366. The van der Waals surface area contributed by atoms with Crippen LogP contribution in [-0.4, -0.2) is 88.7 Å². The Labute approximate surface area is 226 Å². The highest BCUT2D eigenvalue weighted by Crippen LogP contribution is 2.19. The van der Waals surface area contributed by atoms with Crippen LogP contribution in [0.5, 0.6) is 0 Å². The van der Waals surface area contributed by atoms with E-state index >= 15 is 0 Å². The molecular formula is C27H54N2O7S. The lowest BCUT2D eigenvalue weighted by molar-refractivity contribution is -0.869. The number of hydrogen-bond acceptors (Lipinski definition) is 7. The minimum atomic E-state index is -4.41. The van der Waals surface area contributed by atoms with Gasteiger partial charge in [-0.3, -0.25) is 13.8 Å². The molecule has 0 aromatic rings. The van der Waals surface area contributed by atoms with Gasteiger partial charge in [0.25, 0.3) is 0 Å². The predicted octanol–water partition coefficient (Wildman–Crippen LogP) is 4.66. The molecule has 0 aromatic heterocycles. The maximum atomic E-state index is 12.3. The van der Waals surface area contributed by atoms with Crippen molar-refractivity contribution in [3.05, 3.63) is 0 Å². The van der Waals surface area contributed by atoms with Crippen LogP contribution in [0.3, 0.4) is 0 Å². The Morgan fingerprint density at radius 1 is 0.919 bits per heavy atom. The third-order valence-corrected chi connectivity index (χ3v) is 6.94. The van der Waals surface area contributed by atoms with E-state index in [9.17, 15) is 22.6 Å². The van der Waals surface area contributed by atoms with Gasteiger partial charge >= 0.3 is 5.97 Å². The molecule has 0 spiro atoms. The smallest absolute Gasteiger partial charge is 0.311 e. The Balaban J connectivity index is 0.00000192. The van der Waals surface area contributed by atoms with Crippen molar-refractivity contribution in [2.24, 2.45) is 5.92 Å². The van der Waals surface area contributed by atoms with Crippen LogP contribution in [0.15, 0.2) is 0 Å². The molecule has 0 bridgehead atoms. The fraction of sp³-hybridized carbons (Fsp3) is 0.926. The lowest BCUT2D eigenvalue weighted by atomic mass is 10.0. The maximum Gasteiger partial charge on any atom is 0.311 e. The molecule has 1 amide bonds. The molecule has 9 nitrogen and oxygen atoms in total. The van der Waals surface area contributed by atoms with E-state index in [1.807, 2.05) is 4.90 Å². The molecule has 1 atom stereocenters. The molecular weight excluding hydrogens is 496 g/mol. The van der Waals surface area contributed by atoms with Gasteiger partial charge in [-0.05, 0) is 6.42 Å². The second-order valence-corrected chi connectivity index (χ2v) is 12.2. The van der Waals surface area contributed by atoms with Crippen molar-refractivity contribution in [1.82, 2.24) is 4.90 Å². The lowest BCUT2D eigenvalue weighted by Gasteiger charge is -2.26. The Morgan fingerprint density at radius 2 is 1.35 bits per heavy atom. The van der Waals surface area contributed by atoms with Crippen molar-refractivity contribution in [1.29, 1.82) is 0 Å². The highest BCUT2D eigenvalue weighted by Gasteiger charge is 2.35. The second kappa shape index (κ2) is 20.7. The summed E-state index contributed by atoms with van der Waals surface area (Å²) in [5, 5.41) is 0. The van der Waals surface area contributed by atoms with Crippen LogP contribution in [0.1, 0.15) is 103 Å². The zero-order valence-electron chi connectivity index (χ0n) is 24.2. The molecule has 0 radical (unpaired) electrons. The van der Waals surface area contributed by atoms with Crippen molar-refractivity contribution in [2.45, 2.75) is 103 Å². The number of likely N-dealkylation sites (tertiary alicyclic amines) is 1. The van der Waals surface area contributed by atoms with Gasteiger partial charge in [0, 0.05) is 13.0 Å². The molecule has 1 fully saturated rings. The average Bonchev–Trinajstić information content (AvgIpc) is 3.20. The van der Waals surface area contributed by atoms with Crippen molar-refractivity contribution < 1.29 is 36.0 Å². The minimum Gasteiger partial charge on any atom is -0.726 e. The number of ether oxygens (including phenoxy) is 1. The largest absolute Gasteiger partial charge is 0.726 e. The number of hydrogen-bond donors (Lipinski definition) is 0. The van der Waals surface area contributed by atoms with Gasteiger partial charge in [0.15, 0.2) is 0 Å². The summed E-state index contributed by atoms with van der Waals surface area (Å²) in [4.78, 5) is 26.2. The molecule has 0 saturated carbocycles. The van der Waals surface area contributed by atoms with Crippen LogP contribution in [0, 0.1) is 5.92 Å². The first-order valence-corrected chi connectivity index (χ1v) is 15.5. The summed E-state index contributed by atoms with van der Waals surface area (Å²) >= 11 is 0. The Hall–Kier alpha value is -1.23. The quantitative estimate of drug-likeness (QED) is 0.0712. The predicted molar refractivity (Wildman–Crippen MR) is 146 cm³/mol. The highest BCUT2D eigenvalue weighted by molar-refractivity contribution is 7.80. The minimum absolute atomic E-state index is 0.0897. The fourth-order valence-corrected chi connectivity index (χ4v) is 4.15. The van der Waals surface area contributed by atoms with Gasteiger partial charge in [0.05, 0.1) is 53.9 Å². The third-order valence-electron chi connectivity index (χ3n) is 6.53. The van der Waals surface area contributed by atoms with Crippen LogP contribution >= 0.6 is 0 Å². The fourth-order valence-electron chi connectivity index (χ4n) is 4.15. The van der Waals surface area contributed by atoms with Crippen LogP contribution in [0.25, 0.3) is 0 Å². The third kappa shape index (κ3) is 22.5. The van der Waals surface area contributed by atoms with Crippen LogP contribution in [-0.2, 0) is 28.9 Å². The van der Waals surface area contributed by atoms with E-state index < -0.39 is 10.4 Å². The van der Waals surface area contributed by atoms with Gasteiger partial charge in [-0.2, -0.15) is 0 Å². The van der Waals surface area contributed by atoms with Gasteiger partial charge in [-0.25, -0.2) is 8.42 Å². The van der Waals surface area contributed by atoms with Crippen LogP contribution in [0.2, 0.25) is 0 Å². The SMILES string of the molecule is CCCCCCCCCCCCCCCCOC(=O)C1CC(=O)N(CC[N+](C)(C)C)C1.COS(=O)(=O)[O-]. The molecule has 0 aromatic carbocycles. The zero-order chi connectivity index (χ0) is 28.2. The molecule has 1 aliphatic heterocycles. The second-order valence-electron chi connectivity index (χ2n) is 11.1. The Bertz CT molecular complexity index is 708. The standard InChI is InChI=1S/C26H51N2O3.CH4O4S/c1-5-6-7-8-9-10-11-12-13-14-15-16-17-18-21-31-26(30)24-22-25(29)27(23-24)19-20-28(2,3)4;1-5-6(2,3)4/h24H,5-23H2,1-4H3;1H3,(H,2,3,4)/q+1;/p-1. The molecule has 1 heterocycles. The van der Waals surface area contributed by atoms with E-state index in [2.05, 4.69) is 32.2 Å². The number of carbonyl (C=O) groups excluding carboxylic acids is 2. The van der Waals surface area contributed by atoms with Crippen molar-refractivity contribution in [2.75, 3.05) is 54.5 Å². The number of carbonyl (C=O) groups is 2. The van der Waals surface area contributed by atoms with Gasteiger partial charge in [-0.1, -0.05) is 90.4 Å². The summed E-state index contributed by atoms with van der Waals surface area (Å²) in [7, 11) is 2.74. The first kappa shape index (κ1) is 35.8. The van der Waals surface area contributed by atoms with Gasteiger partial charge < -0.3 is 18.7 Å². The molecule has 1 saturated heterocycles. The van der Waals surface area contributed by atoms with Crippen molar-refractivity contribution in [3.63, 3.8) is 0 Å². The van der Waals surface area contributed by atoms with E-state index in [4.69, 9.17) is 4.74 Å². The monoisotopic (exact) mass is 550 g/mol. The summed E-state index contributed by atoms with van der Waals surface area (Å²) in [5.41, 5.74) is 0. The van der Waals surface area contributed by atoms with Gasteiger partial charge in [-0.15, -0.1) is 0 Å². The Morgan fingerprint density at radius 3 is 1.76 bits per heavy atom. The first-order chi connectivity index (χ1) is 17.4. The molecule has 1 aliphatic rings. The number of rotatable bonds is 20. The number of esters is 1. The average molecular weight is 551 g/mol. The maximum absolute atomic E-state index is 12.3. The summed E-state index contributed by atoms with van der Waals surface area (Å²) in [6.45, 7) is 4.91. The molecule has 0 N–H and O–H groups in total. The number of amides is 1. The number of quaternary nitrogens is 1. The van der Waals surface area contributed by atoms with Crippen molar-refractivity contribution in [3.8, 4) is 0 Å². The normalized spacial score (nSPS) is 16.0. The van der Waals surface area contributed by atoms with E-state index in [-0.39, 0.29) is 17.8 Å². The van der Waals surface area contributed by atoms with E-state index in [1.54, 1.807) is 0 Å². The van der Waals surface area contributed by atoms with E-state index in [0.717, 1.165) is 31.0 Å². The number of nitrogens with zero attached hydrogens (tertiary/aromatic N) is 2. The van der Waals surface area contributed by atoms with Crippen LogP contribution < -0.4 is 0 Å². The van der Waals surface area contributed by atoms with E-state index in [1.165, 1.54) is 77.0 Å². The topological polar surface area (TPSA) is 113 Å². The van der Waals surface area contributed by atoms with Crippen molar-refractivity contribution >= 4 is 22.3 Å². The molecule has 0 aliphatic carbocycles. The van der Waals surface area contributed by atoms with Crippen LogP contribution in [0.4, 0.5) is 0 Å². The molecule has 1 rings (SSSR count). The lowest BCUT2D eigenvalue weighted by Crippen LogP contribution is -2.42. The summed E-state index contributed by atoms with van der Waals surface area (Å²) < 4.78 is 37.3. The number of likely N-dealkylation sites (N-methyl/N-ethyl adjacent to an activating group) is 1. The van der Waals surface area contributed by atoms with E-state index in [0.29, 0.717) is 26.1 Å². The summed E-state index contributed by atoms with van der Waals surface area (Å²) in [6, 6.07) is 0. The molecule has 220 valence electrons. The number of unbranched alkanes of at least 4 members (excludes halogenated alkanes) is 13. The Kier molecular flexibility index (Phi) is 20.0. The first-order valence-electron chi connectivity index (χ1n) is 14.2. The highest BCUT2D eigenvalue weighted by atomic mass is 32.3. The molecule has 1 unspecified atom stereocenters. The molecule has 10 heteroatoms. The van der Waals surface area contributed by atoms with Gasteiger partial charge in [0.2, 0.25) is 16.3 Å². The summed E-state index contributed by atoms with van der Waals surface area (Å²) in [6.07, 6.45) is 18.8. The molecule has 37 heavy (non-hydrogen) atoms.